The lowest BCUT2D eigenvalue weighted by Crippen LogP contribution is -2.19. The number of benzene rings is 6. The number of aromatic nitrogens is 3. The van der Waals surface area contributed by atoms with Crippen molar-refractivity contribution in [2.75, 3.05) is 6.54 Å². The van der Waals surface area contributed by atoms with E-state index in [-0.39, 0.29) is 24.0 Å². The molecule has 0 spiro atoms. The average molecular weight is 769 g/mol. The fraction of sp³-hybridized carbons (Fsp3) is 0.0217. The van der Waals surface area contributed by atoms with Crippen molar-refractivity contribution in [1.29, 1.82) is 0 Å². The highest BCUT2D eigenvalue weighted by molar-refractivity contribution is 14.0. The Morgan fingerprint density at radius 3 is 1.76 bits per heavy atom. The van der Waals surface area contributed by atoms with E-state index in [0.29, 0.717) is 0 Å². The Morgan fingerprint density at radius 2 is 1.10 bits per heavy atom. The van der Waals surface area contributed by atoms with Gasteiger partial charge in [-0.1, -0.05) is 103 Å². The third-order valence-corrected chi connectivity index (χ3v) is 9.99. The molecule has 1 aliphatic heterocycles. The van der Waals surface area contributed by atoms with Crippen LogP contribution in [0.2, 0.25) is 0 Å². The highest BCUT2D eigenvalue weighted by Gasteiger charge is 2.19. The number of allylic oxidation sites excluding steroid dienone is 2. The van der Waals surface area contributed by atoms with Gasteiger partial charge in [0.15, 0.2) is 0 Å². The van der Waals surface area contributed by atoms with Crippen molar-refractivity contribution in [3.8, 4) is 39.2 Å². The second-order valence-electron chi connectivity index (χ2n) is 12.8. The summed E-state index contributed by atoms with van der Waals surface area (Å²) in [6.07, 6.45) is 8.28. The summed E-state index contributed by atoms with van der Waals surface area (Å²) in [6.45, 7) is 0.826. The first-order chi connectivity index (χ1) is 24.8. The molecule has 9 aromatic rings. The molecule has 0 amide bonds. The first-order valence-electron chi connectivity index (χ1n) is 17.1. The molecule has 0 bridgehead atoms. The summed E-state index contributed by atoms with van der Waals surface area (Å²) < 4.78 is 4.77. The SMILES string of the molecule is C1=CCNC(n2c3ccccc3c3cc(-c4ccc5c(c4)c4ccccc4n5-c4ccc(-c5ccccn5)cc4-c4ccccc4)ccc32)=C1.I. The normalized spacial score (nSPS) is 12.7. The van der Waals surface area contributed by atoms with E-state index < -0.39 is 0 Å². The van der Waals surface area contributed by atoms with Crippen LogP contribution < -0.4 is 5.32 Å². The molecule has 0 atom stereocenters. The topological polar surface area (TPSA) is 34.8 Å². The monoisotopic (exact) mass is 768 g/mol. The molecule has 5 heteroatoms. The molecular formula is C46H33IN4. The summed E-state index contributed by atoms with van der Waals surface area (Å²) in [5.41, 5.74) is 12.7. The minimum absolute atomic E-state index is 0. The Bertz CT molecular complexity index is 2810. The van der Waals surface area contributed by atoms with Gasteiger partial charge in [0.25, 0.3) is 0 Å². The average Bonchev–Trinajstić information content (AvgIpc) is 3.71. The fourth-order valence-electron chi connectivity index (χ4n) is 7.70. The van der Waals surface area contributed by atoms with E-state index in [1.807, 2.05) is 18.3 Å². The molecule has 0 saturated heterocycles. The van der Waals surface area contributed by atoms with E-state index in [4.69, 9.17) is 0 Å². The Labute approximate surface area is 313 Å². The number of fused-ring (bicyclic) bond motifs is 6. The van der Waals surface area contributed by atoms with E-state index in [9.17, 15) is 0 Å². The number of hydrogen-bond donors (Lipinski definition) is 1. The van der Waals surface area contributed by atoms with Gasteiger partial charge in [-0.25, -0.2) is 0 Å². The van der Waals surface area contributed by atoms with Crippen LogP contribution in [0.3, 0.4) is 0 Å². The van der Waals surface area contributed by atoms with Crippen LogP contribution in [0, 0.1) is 0 Å². The molecule has 6 aromatic carbocycles. The minimum Gasteiger partial charge on any atom is -0.368 e. The summed E-state index contributed by atoms with van der Waals surface area (Å²) in [6, 6.07) is 54.8. The molecule has 0 saturated carbocycles. The first kappa shape index (κ1) is 31.1. The van der Waals surface area contributed by atoms with E-state index in [0.717, 1.165) is 29.3 Å². The van der Waals surface area contributed by atoms with Gasteiger partial charge in [-0.2, -0.15) is 0 Å². The number of halogens is 1. The third-order valence-electron chi connectivity index (χ3n) is 9.99. The van der Waals surface area contributed by atoms with Gasteiger partial charge in [0.1, 0.15) is 5.82 Å². The smallest absolute Gasteiger partial charge is 0.111 e. The van der Waals surface area contributed by atoms with Crippen LogP contribution in [0.5, 0.6) is 0 Å². The molecule has 3 aromatic heterocycles. The molecule has 244 valence electrons. The van der Waals surface area contributed by atoms with Crippen molar-refractivity contribution in [1.82, 2.24) is 19.4 Å². The number of pyridine rings is 1. The van der Waals surface area contributed by atoms with Gasteiger partial charge in [-0.3, -0.25) is 9.55 Å². The largest absolute Gasteiger partial charge is 0.368 e. The summed E-state index contributed by atoms with van der Waals surface area (Å²) >= 11 is 0. The molecule has 0 fully saturated rings. The lowest BCUT2D eigenvalue weighted by Gasteiger charge is -2.16. The summed E-state index contributed by atoms with van der Waals surface area (Å²) in [5, 5.41) is 8.53. The molecule has 0 unspecified atom stereocenters. The molecule has 1 aliphatic rings. The molecule has 0 radical (unpaired) electrons. The van der Waals surface area contributed by atoms with Crippen LogP contribution in [0.4, 0.5) is 0 Å². The Hall–Kier alpha value is -5.92. The van der Waals surface area contributed by atoms with E-state index in [1.54, 1.807) is 0 Å². The molecule has 0 aliphatic carbocycles. The Kier molecular flexibility index (Phi) is 7.78. The van der Waals surface area contributed by atoms with Crippen LogP contribution in [-0.2, 0) is 0 Å². The lowest BCUT2D eigenvalue weighted by atomic mass is 9.99. The Morgan fingerprint density at radius 1 is 0.490 bits per heavy atom. The van der Waals surface area contributed by atoms with Crippen LogP contribution >= 0.6 is 24.0 Å². The van der Waals surface area contributed by atoms with Gasteiger partial charge >= 0.3 is 0 Å². The molecule has 10 rings (SSSR count). The zero-order valence-corrected chi connectivity index (χ0v) is 30.0. The van der Waals surface area contributed by atoms with E-state index in [2.05, 4.69) is 177 Å². The molecule has 51 heavy (non-hydrogen) atoms. The maximum Gasteiger partial charge on any atom is 0.111 e. The fourth-order valence-corrected chi connectivity index (χ4v) is 7.70. The van der Waals surface area contributed by atoms with E-state index >= 15 is 0 Å². The molecule has 1 N–H and O–H groups in total. The highest BCUT2D eigenvalue weighted by Crippen LogP contribution is 2.40. The van der Waals surface area contributed by atoms with Gasteiger partial charge in [0.05, 0.1) is 33.4 Å². The second-order valence-corrected chi connectivity index (χ2v) is 12.8. The number of nitrogens with one attached hydrogen (secondary N) is 1. The van der Waals surface area contributed by atoms with Crippen molar-refractivity contribution in [2.24, 2.45) is 0 Å². The number of para-hydroxylation sites is 2. The van der Waals surface area contributed by atoms with E-state index in [1.165, 1.54) is 65.9 Å². The number of dihydropyridines is 1. The van der Waals surface area contributed by atoms with Crippen LogP contribution in [-0.4, -0.2) is 20.7 Å². The maximum atomic E-state index is 4.66. The van der Waals surface area contributed by atoms with Crippen molar-refractivity contribution in [3.63, 3.8) is 0 Å². The van der Waals surface area contributed by atoms with Crippen LogP contribution in [0.1, 0.15) is 0 Å². The zero-order valence-electron chi connectivity index (χ0n) is 27.7. The maximum absolute atomic E-state index is 4.66. The van der Waals surface area contributed by atoms with Crippen LogP contribution in [0.15, 0.2) is 176 Å². The second kappa shape index (κ2) is 12.8. The minimum atomic E-state index is 0. The predicted octanol–water partition coefficient (Wildman–Crippen LogP) is 11.9. The quantitative estimate of drug-likeness (QED) is 0.177. The summed E-state index contributed by atoms with van der Waals surface area (Å²) in [5.74, 6) is 1.10. The summed E-state index contributed by atoms with van der Waals surface area (Å²) in [7, 11) is 0. The zero-order chi connectivity index (χ0) is 33.0. The van der Waals surface area contributed by atoms with Gasteiger partial charge in [-0.05, 0) is 83.4 Å². The van der Waals surface area contributed by atoms with Crippen molar-refractivity contribution in [2.45, 2.75) is 0 Å². The first-order valence-corrected chi connectivity index (χ1v) is 17.1. The van der Waals surface area contributed by atoms with Gasteiger partial charge in [0.2, 0.25) is 0 Å². The van der Waals surface area contributed by atoms with Crippen molar-refractivity contribution in [3.05, 3.63) is 176 Å². The molecular weight excluding hydrogens is 735 g/mol. The van der Waals surface area contributed by atoms with Crippen molar-refractivity contribution < 1.29 is 0 Å². The van der Waals surface area contributed by atoms with Gasteiger partial charge in [-0.15, -0.1) is 24.0 Å². The Balaban J connectivity index is 0.00000348. The molecule has 4 heterocycles. The van der Waals surface area contributed by atoms with Crippen molar-refractivity contribution >= 4 is 73.4 Å². The van der Waals surface area contributed by atoms with Gasteiger partial charge in [0, 0.05) is 45.4 Å². The highest BCUT2D eigenvalue weighted by atomic mass is 127. The predicted molar refractivity (Wildman–Crippen MR) is 225 cm³/mol. The lowest BCUT2D eigenvalue weighted by molar-refractivity contribution is 0.922. The standard InChI is InChI=1S/C46H32N4.HI/c1-2-12-31(13-3-1)37-30-34(40-16-8-10-26-47-40)22-25-43(37)49-41-17-6-4-14-35(41)38-28-32(20-23-44(38)49)33-21-24-45-39(29-33)36-15-5-7-18-42(36)50(45)46-19-9-11-27-48-46;/h1-26,28-30,48H,27H2;1H. The third kappa shape index (κ3) is 5.15. The van der Waals surface area contributed by atoms with Gasteiger partial charge < -0.3 is 9.88 Å². The number of hydrogen-bond acceptors (Lipinski definition) is 2. The molecule has 4 nitrogen and oxygen atoms in total. The van der Waals surface area contributed by atoms with Crippen LogP contribution in [0.25, 0.3) is 88.6 Å². The number of nitrogens with zero attached hydrogens (tertiary/aromatic N) is 3. The summed E-state index contributed by atoms with van der Waals surface area (Å²) in [4.78, 5) is 4.66. The number of rotatable bonds is 5.